The molecule has 1 heterocycles. The van der Waals surface area contributed by atoms with Crippen LogP contribution in [-0.2, 0) is 4.79 Å². The van der Waals surface area contributed by atoms with E-state index in [0.29, 0.717) is 22.6 Å². The third-order valence-electron chi connectivity index (χ3n) is 2.86. The summed E-state index contributed by atoms with van der Waals surface area (Å²) in [6.45, 7) is 1.54. The van der Waals surface area contributed by atoms with Crippen molar-refractivity contribution in [2.45, 2.75) is 13.0 Å². The third-order valence-corrected chi connectivity index (χ3v) is 2.86. The van der Waals surface area contributed by atoms with Gasteiger partial charge < -0.3 is 20.9 Å². The molecule has 2 aromatic rings. The number of nitrogens with zero attached hydrogens (tertiary/aromatic N) is 1. The number of hydrogen-bond donors (Lipinski definition) is 3. The molecule has 0 saturated carbocycles. The van der Waals surface area contributed by atoms with Gasteiger partial charge >= 0.3 is 5.97 Å². The van der Waals surface area contributed by atoms with Gasteiger partial charge in [0.15, 0.2) is 0 Å². The Morgan fingerprint density at radius 1 is 1.47 bits per heavy atom. The van der Waals surface area contributed by atoms with Gasteiger partial charge in [0.05, 0.1) is 12.5 Å². The Balaban J connectivity index is 2.59. The highest BCUT2D eigenvalue weighted by molar-refractivity contribution is 6.04. The number of nitrogen functional groups attached to an aromatic ring is 1. The first-order valence-corrected chi connectivity index (χ1v) is 5.75. The fourth-order valence-corrected chi connectivity index (χ4v) is 1.85. The fraction of sp³-hybridized carbons (Fsp3) is 0.231. The highest BCUT2D eigenvalue weighted by Crippen LogP contribution is 2.33. The van der Waals surface area contributed by atoms with E-state index in [0.717, 1.165) is 5.39 Å². The summed E-state index contributed by atoms with van der Waals surface area (Å²) in [6, 6.07) is 4.49. The first-order chi connectivity index (χ1) is 9.04. The number of benzene rings is 1. The topological polar surface area (TPSA) is 97.5 Å². The second-order valence-electron chi connectivity index (χ2n) is 4.14. The number of anilines is 2. The number of ether oxygens (including phenoxy) is 1. The van der Waals surface area contributed by atoms with E-state index in [2.05, 4.69) is 10.3 Å². The number of methoxy groups -OCH3 is 1. The predicted octanol–water partition coefficient (Wildman–Crippen LogP) is 1.71. The van der Waals surface area contributed by atoms with Crippen LogP contribution in [0.15, 0.2) is 24.4 Å². The normalized spacial score (nSPS) is 12.1. The molecule has 1 unspecified atom stereocenters. The van der Waals surface area contributed by atoms with Crippen LogP contribution in [0.3, 0.4) is 0 Å². The van der Waals surface area contributed by atoms with Crippen molar-refractivity contribution in [2.75, 3.05) is 18.2 Å². The molecule has 100 valence electrons. The Labute approximate surface area is 110 Å². The molecule has 2 rings (SSSR count). The molecule has 0 aliphatic heterocycles. The number of aliphatic carboxylic acids is 1. The van der Waals surface area contributed by atoms with Crippen molar-refractivity contribution >= 4 is 28.2 Å². The van der Waals surface area contributed by atoms with E-state index in [-0.39, 0.29) is 0 Å². The van der Waals surface area contributed by atoms with Gasteiger partial charge in [-0.1, -0.05) is 0 Å². The average Bonchev–Trinajstić information content (AvgIpc) is 2.39. The van der Waals surface area contributed by atoms with E-state index in [1.165, 1.54) is 0 Å². The van der Waals surface area contributed by atoms with Crippen LogP contribution in [0.1, 0.15) is 6.92 Å². The molecule has 4 N–H and O–H groups in total. The van der Waals surface area contributed by atoms with Crippen LogP contribution >= 0.6 is 0 Å². The molecule has 19 heavy (non-hydrogen) atoms. The maximum atomic E-state index is 10.9. The highest BCUT2D eigenvalue weighted by atomic mass is 16.5. The summed E-state index contributed by atoms with van der Waals surface area (Å²) in [7, 11) is 1.57. The number of hydrogen-bond acceptors (Lipinski definition) is 5. The van der Waals surface area contributed by atoms with Crippen LogP contribution in [0.5, 0.6) is 5.75 Å². The summed E-state index contributed by atoms with van der Waals surface area (Å²) in [6.07, 6.45) is 1.58. The zero-order valence-electron chi connectivity index (χ0n) is 10.7. The van der Waals surface area contributed by atoms with E-state index in [1.54, 1.807) is 38.4 Å². The maximum Gasteiger partial charge on any atom is 0.325 e. The van der Waals surface area contributed by atoms with Gasteiger partial charge in [-0.15, -0.1) is 0 Å². The molecule has 0 radical (unpaired) electrons. The summed E-state index contributed by atoms with van der Waals surface area (Å²) in [5, 5.41) is 13.2. The summed E-state index contributed by atoms with van der Waals surface area (Å²) in [4.78, 5) is 15.1. The molecular weight excluding hydrogens is 246 g/mol. The van der Waals surface area contributed by atoms with Crippen LogP contribution in [0.2, 0.25) is 0 Å². The molecule has 0 bridgehead atoms. The molecule has 0 saturated heterocycles. The molecule has 1 aromatic carbocycles. The third kappa shape index (κ3) is 2.37. The number of nitrogens with two attached hydrogens (primary N) is 1. The lowest BCUT2D eigenvalue weighted by Gasteiger charge is -2.14. The van der Waals surface area contributed by atoms with Crippen molar-refractivity contribution in [2.24, 2.45) is 0 Å². The Hall–Kier alpha value is -2.50. The standard InChI is InChI=1S/C13H15N3O3/c1-7(13(17)18)16-12-11-8(5-6-15-12)10(19-2)4-3-9(11)14/h3-7H,14H2,1-2H3,(H,15,16)(H,17,18). The molecule has 1 aromatic heterocycles. The summed E-state index contributed by atoms with van der Waals surface area (Å²) < 4.78 is 5.26. The van der Waals surface area contributed by atoms with E-state index in [9.17, 15) is 4.79 Å². The van der Waals surface area contributed by atoms with E-state index in [1.807, 2.05) is 0 Å². The minimum Gasteiger partial charge on any atom is -0.496 e. The van der Waals surface area contributed by atoms with Crippen LogP contribution in [0.4, 0.5) is 11.5 Å². The van der Waals surface area contributed by atoms with Crippen LogP contribution in [0.25, 0.3) is 10.8 Å². The second-order valence-corrected chi connectivity index (χ2v) is 4.14. The van der Waals surface area contributed by atoms with Gasteiger partial charge in [-0.3, -0.25) is 4.79 Å². The molecule has 1 atom stereocenters. The first-order valence-electron chi connectivity index (χ1n) is 5.75. The number of carbonyl (C=O) groups is 1. The maximum absolute atomic E-state index is 10.9. The van der Waals surface area contributed by atoms with Crippen LogP contribution in [0, 0.1) is 0 Å². The lowest BCUT2D eigenvalue weighted by Crippen LogP contribution is -2.26. The molecule has 0 aliphatic carbocycles. The van der Waals surface area contributed by atoms with Gasteiger partial charge in [0.1, 0.15) is 17.6 Å². The number of rotatable bonds is 4. The summed E-state index contributed by atoms with van der Waals surface area (Å²) in [5.41, 5.74) is 6.47. The minimum absolute atomic E-state index is 0.434. The molecule has 0 fully saturated rings. The summed E-state index contributed by atoms with van der Waals surface area (Å²) >= 11 is 0. The number of aromatic nitrogens is 1. The number of fused-ring (bicyclic) bond motifs is 1. The van der Waals surface area contributed by atoms with E-state index < -0.39 is 12.0 Å². The van der Waals surface area contributed by atoms with Gasteiger partial charge in [-0.05, 0) is 25.1 Å². The number of carboxylic acid groups (broad SMARTS) is 1. The number of nitrogens with one attached hydrogen (secondary N) is 1. The lowest BCUT2D eigenvalue weighted by molar-refractivity contribution is -0.137. The van der Waals surface area contributed by atoms with Gasteiger partial charge in [0.2, 0.25) is 0 Å². The quantitative estimate of drug-likeness (QED) is 0.725. The van der Waals surface area contributed by atoms with Crippen molar-refractivity contribution in [3.63, 3.8) is 0 Å². The smallest absolute Gasteiger partial charge is 0.325 e. The highest BCUT2D eigenvalue weighted by Gasteiger charge is 2.15. The zero-order chi connectivity index (χ0) is 14.0. The molecule has 0 aliphatic rings. The van der Waals surface area contributed by atoms with Gasteiger partial charge in [-0.25, -0.2) is 4.98 Å². The second kappa shape index (κ2) is 5.01. The minimum atomic E-state index is -0.958. The Kier molecular flexibility index (Phi) is 3.41. The Morgan fingerprint density at radius 3 is 2.84 bits per heavy atom. The largest absolute Gasteiger partial charge is 0.496 e. The van der Waals surface area contributed by atoms with Crippen LogP contribution in [-0.4, -0.2) is 29.2 Å². The van der Waals surface area contributed by atoms with Crippen molar-refractivity contribution in [3.8, 4) is 5.75 Å². The molecule has 6 heteroatoms. The summed E-state index contributed by atoms with van der Waals surface area (Å²) in [5.74, 6) is 0.140. The Bertz CT molecular complexity index is 628. The zero-order valence-corrected chi connectivity index (χ0v) is 10.7. The lowest BCUT2D eigenvalue weighted by atomic mass is 10.1. The van der Waals surface area contributed by atoms with Gasteiger partial charge in [0, 0.05) is 17.3 Å². The van der Waals surface area contributed by atoms with Gasteiger partial charge in [0.25, 0.3) is 0 Å². The van der Waals surface area contributed by atoms with E-state index >= 15 is 0 Å². The molecular formula is C13H15N3O3. The fourth-order valence-electron chi connectivity index (χ4n) is 1.85. The number of carboxylic acids is 1. The molecule has 6 nitrogen and oxygen atoms in total. The average molecular weight is 261 g/mol. The van der Waals surface area contributed by atoms with Crippen molar-refractivity contribution in [1.29, 1.82) is 0 Å². The first kappa shape index (κ1) is 12.9. The van der Waals surface area contributed by atoms with Crippen molar-refractivity contribution in [1.82, 2.24) is 4.98 Å². The van der Waals surface area contributed by atoms with E-state index in [4.69, 9.17) is 15.6 Å². The SMILES string of the molecule is COc1ccc(N)c2c(NC(C)C(=O)O)nccc12. The van der Waals surface area contributed by atoms with Crippen LogP contribution < -0.4 is 15.8 Å². The van der Waals surface area contributed by atoms with Gasteiger partial charge in [-0.2, -0.15) is 0 Å². The molecule has 0 spiro atoms. The monoisotopic (exact) mass is 261 g/mol. The Morgan fingerprint density at radius 2 is 2.21 bits per heavy atom. The van der Waals surface area contributed by atoms with Crippen molar-refractivity contribution in [3.05, 3.63) is 24.4 Å². The molecule has 0 amide bonds. The number of pyridine rings is 1. The van der Waals surface area contributed by atoms with Crippen molar-refractivity contribution < 1.29 is 14.6 Å². The predicted molar refractivity (Wildman–Crippen MR) is 73.4 cm³/mol.